The van der Waals surface area contributed by atoms with E-state index in [1.54, 1.807) is 7.11 Å². The summed E-state index contributed by atoms with van der Waals surface area (Å²) < 4.78 is 5.52. The largest absolute Gasteiger partial charge is 0.495 e. The number of nitrogens with zero attached hydrogens (tertiary/aromatic N) is 3. The Morgan fingerprint density at radius 2 is 1.96 bits per heavy atom. The standard InChI is InChI=1S/C20H31N3O/c1-3-4-11-21-12-7-8-18(17-21)22-13-15-23(16-14-22)19-9-5-6-10-20(19)24-2/h3,5-6,9-10,18H,1,4,7-8,11-17H2,2H3/t18-/m1/s1. The molecular formula is C20H31N3O. The van der Waals surface area contributed by atoms with Gasteiger partial charge in [0.2, 0.25) is 0 Å². The molecule has 132 valence electrons. The van der Waals surface area contributed by atoms with E-state index < -0.39 is 0 Å². The molecule has 4 nitrogen and oxygen atoms in total. The minimum absolute atomic E-state index is 0.725. The molecule has 0 N–H and O–H groups in total. The van der Waals surface area contributed by atoms with Crippen molar-refractivity contribution in [3.05, 3.63) is 36.9 Å². The number of hydrogen-bond acceptors (Lipinski definition) is 4. The monoisotopic (exact) mass is 329 g/mol. The van der Waals surface area contributed by atoms with Crippen molar-refractivity contribution in [2.75, 3.05) is 57.8 Å². The molecule has 3 rings (SSSR count). The third-order valence-electron chi connectivity index (χ3n) is 5.39. The number of likely N-dealkylation sites (tertiary alicyclic amines) is 1. The average molecular weight is 329 g/mol. The number of piperidine rings is 1. The fraction of sp³-hybridized carbons (Fsp3) is 0.600. The molecule has 1 aromatic rings. The van der Waals surface area contributed by atoms with Gasteiger partial charge in [0, 0.05) is 45.3 Å². The second kappa shape index (κ2) is 8.54. The Morgan fingerprint density at radius 1 is 1.17 bits per heavy atom. The summed E-state index contributed by atoms with van der Waals surface area (Å²) in [7, 11) is 1.76. The highest BCUT2D eigenvalue weighted by molar-refractivity contribution is 5.58. The van der Waals surface area contributed by atoms with Gasteiger partial charge >= 0.3 is 0 Å². The van der Waals surface area contributed by atoms with Gasteiger partial charge in [-0.2, -0.15) is 0 Å². The molecule has 2 aliphatic heterocycles. The van der Waals surface area contributed by atoms with Crippen LogP contribution in [0.15, 0.2) is 36.9 Å². The summed E-state index contributed by atoms with van der Waals surface area (Å²) in [5, 5.41) is 0. The van der Waals surface area contributed by atoms with Crippen molar-refractivity contribution in [2.24, 2.45) is 0 Å². The quantitative estimate of drug-likeness (QED) is 0.747. The number of piperazine rings is 1. The molecule has 0 radical (unpaired) electrons. The summed E-state index contributed by atoms with van der Waals surface area (Å²) in [5.41, 5.74) is 1.23. The van der Waals surface area contributed by atoms with Crippen molar-refractivity contribution >= 4 is 5.69 Å². The molecule has 2 heterocycles. The second-order valence-electron chi connectivity index (χ2n) is 6.87. The van der Waals surface area contributed by atoms with Gasteiger partial charge in [-0.3, -0.25) is 4.90 Å². The number of ether oxygens (including phenoxy) is 1. The van der Waals surface area contributed by atoms with Crippen LogP contribution in [0.4, 0.5) is 5.69 Å². The Morgan fingerprint density at radius 3 is 2.71 bits per heavy atom. The molecular weight excluding hydrogens is 298 g/mol. The predicted octanol–water partition coefficient (Wildman–Crippen LogP) is 2.86. The van der Waals surface area contributed by atoms with Crippen LogP contribution >= 0.6 is 0 Å². The second-order valence-corrected chi connectivity index (χ2v) is 6.87. The molecule has 0 bridgehead atoms. The van der Waals surface area contributed by atoms with Crippen molar-refractivity contribution in [3.8, 4) is 5.75 Å². The highest BCUT2D eigenvalue weighted by Gasteiger charge is 2.28. The number of rotatable bonds is 6. The molecule has 2 fully saturated rings. The van der Waals surface area contributed by atoms with E-state index in [1.807, 2.05) is 12.1 Å². The number of para-hydroxylation sites is 2. The number of hydrogen-bond donors (Lipinski definition) is 0. The SMILES string of the molecule is C=CCCN1CCC[C@@H](N2CCN(c3ccccc3OC)CC2)C1. The molecule has 2 aliphatic rings. The van der Waals surface area contributed by atoms with Crippen LogP contribution in [0.3, 0.4) is 0 Å². The van der Waals surface area contributed by atoms with Gasteiger partial charge in [0.25, 0.3) is 0 Å². The summed E-state index contributed by atoms with van der Waals surface area (Å²) in [4.78, 5) is 7.78. The molecule has 24 heavy (non-hydrogen) atoms. The Bertz CT molecular complexity index is 525. The number of methoxy groups -OCH3 is 1. The van der Waals surface area contributed by atoms with Crippen LogP contribution in [0, 0.1) is 0 Å². The van der Waals surface area contributed by atoms with Crippen molar-refractivity contribution in [1.29, 1.82) is 0 Å². The number of anilines is 1. The molecule has 0 unspecified atom stereocenters. The first-order valence-electron chi connectivity index (χ1n) is 9.27. The van der Waals surface area contributed by atoms with Gasteiger partial charge in [-0.05, 0) is 37.9 Å². The van der Waals surface area contributed by atoms with E-state index in [4.69, 9.17) is 4.74 Å². The van der Waals surface area contributed by atoms with Crippen molar-refractivity contribution in [2.45, 2.75) is 25.3 Å². The Labute approximate surface area is 146 Å². The summed E-state index contributed by atoms with van der Waals surface area (Å²) >= 11 is 0. The smallest absolute Gasteiger partial charge is 0.142 e. The van der Waals surface area contributed by atoms with Gasteiger partial charge in [0.1, 0.15) is 5.75 Å². The lowest BCUT2D eigenvalue weighted by atomic mass is 10.0. The lowest BCUT2D eigenvalue weighted by Gasteiger charge is -2.44. The van der Waals surface area contributed by atoms with Gasteiger partial charge in [-0.1, -0.05) is 18.2 Å². The summed E-state index contributed by atoms with van der Waals surface area (Å²) in [6.45, 7) is 12.0. The first-order valence-corrected chi connectivity index (χ1v) is 9.27. The normalized spacial score (nSPS) is 23.2. The van der Waals surface area contributed by atoms with E-state index >= 15 is 0 Å². The van der Waals surface area contributed by atoms with E-state index in [2.05, 4.69) is 39.5 Å². The first-order chi connectivity index (χ1) is 11.8. The Kier molecular flexibility index (Phi) is 6.16. The Hall–Kier alpha value is -1.52. The summed E-state index contributed by atoms with van der Waals surface area (Å²) in [5.74, 6) is 0.985. The minimum Gasteiger partial charge on any atom is -0.495 e. The highest BCUT2D eigenvalue weighted by Crippen LogP contribution is 2.29. The molecule has 1 aromatic carbocycles. The van der Waals surface area contributed by atoms with Crippen LogP contribution in [0.1, 0.15) is 19.3 Å². The maximum Gasteiger partial charge on any atom is 0.142 e. The lowest BCUT2D eigenvalue weighted by Crippen LogP contribution is -2.55. The van der Waals surface area contributed by atoms with Crippen LogP contribution in [-0.2, 0) is 0 Å². The van der Waals surface area contributed by atoms with Crippen molar-refractivity contribution < 1.29 is 4.74 Å². The molecule has 0 aromatic heterocycles. The summed E-state index contributed by atoms with van der Waals surface area (Å²) in [6, 6.07) is 9.09. The van der Waals surface area contributed by atoms with Crippen molar-refractivity contribution in [1.82, 2.24) is 9.80 Å². The third-order valence-corrected chi connectivity index (χ3v) is 5.39. The highest BCUT2D eigenvalue weighted by atomic mass is 16.5. The van der Waals surface area contributed by atoms with E-state index in [-0.39, 0.29) is 0 Å². The maximum absolute atomic E-state index is 5.52. The molecule has 2 saturated heterocycles. The summed E-state index contributed by atoms with van der Waals surface area (Å²) in [6.07, 6.45) is 5.82. The molecule has 0 aliphatic carbocycles. The Balaban J connectivity index is 1.54. The van der Waals surface area contributed by atoms with Crippen LogP contribution in [0.5, 0.6) is 5.75 Å². The third kappa shape index (κ3) is 4.11. The number of benzene rings is 1. The molecule has 0 saturated carbocycles. The zero-order valence-corrected chi connectivity index (χ0v) is 15.0. The predicted molar refractivity (Wildman–Crippen MR) is 101 cm³/mol. The fourth-order valence-electron chi connectivity index (χ4n) is 4.03. The lowest BCUT2D eigenvalue weighted by molar-refractivity contribution is 0.0936. The van der Waals surface area contributed by atoms with Gasteiger partial charge < -0.3 is 14.5 Å². The van der Waals surface area contributed by atoms with Crippen LogP contribution in [0.25, 0.3) is 0 Å². The van der Waals surface area contributed by atoms with Gasteiger partial charge in [-0.15, -0.1) is 6.58 Å². The van der Waals surface area contributed by atoms with E-state index in [0.29, 0.717) is 0 Å². The average Bonchev–Trinajstić information content (AvgIpc) is 2.66. The molecule has 4 heteroatoms. The maximum atomic E-state index is 5.52. The zero-order valence-electron chi connectivity index (χ0n) is 15.0. The molecule has 0 amide bonds. The van der Waals surface area contributed by atoms with Crippen LogP contribution < -0.4 is 9.64 Å². The van der Waals surface area contributed by atoms with Gasteiger partial charge in [0.05, 0.1) is 12.8 Å². The van der Waals surface area contributed by atoms with Crippen LogP contribution in [-0.4, -0.2) is 68.8 Å². The van der Waals surface area contributed by atoms with E-state index in [0.717, 1.165) is 44.4 Å². The van der Waals surface area contributed by atoms with Gasteiger partial charge in [0.15, 0.2) is 0 Å². The van der Waals surface area contributed by atoms with E-state index in [1.165, 1.54) is 38.2 Å². The van der Waals surface area contributed by atoms with Crippen LogP contribution in [0.2, 0.25) is 0 Å². The van der Waals surface area contributed by atoms with Gasteiger partial charge in [-0.25, -0.2) is 0 Å². The van der Waals surface area contributed by atoms with Crippen molar-refractivity contribution in [3.63, 3.8) is 0 Å². The van der Waals surface area contributed by atoms with E-state index in [9.17, 15) is 0 Å². The molecule has 1 atom stereocenters. The zero-order chi connectivity index (χ0) is 16.8. The topological polar surface area (TPSA) is 19.0 Å². The molecule has 0 spiro atoms. The first kappa shape index (κ1) is 17.3. The minimum atomic E-state index is 0.725. The fourth-order valence-corrected chi connectivity index (χ4v) is 4.03.